The molecule has 5 heteroatoms. The van der Waals surface area contributed by atoms with Gasteiger partial charge in [-0.2, -0.15) is 0 Å². The third-order valence-corrected chi connectivity index (χ3v) is 2.59. The molecule has 0 radical (unpaired) electrons. The molecule has 0 unspecified atom stereocenters. The van der Waals surface area contributed by atoms with Crippen molar-refractivity contribution < 1.29 is 9.15 Å². The maximum absolute atomic E-state index is 5.31. The highest BCUT2D eigenvalue weighted by Gasteiger charge is 2.01. The number of nitrogens with zero attached hydrogens (tertiary/aromatic N) is 1. The summed E-state index contributed by atoms with van der Waals surface area (Å²) in [5, 5.41) is 6.64. The van der Waals surface area contributed by atoms with Crippen LogP contribution < -0.4 is 10.6 Å². The van der Waals surface area contributed by atoms with Gasteiger partial charge in [0.2, 0.25) is 0 Å². The van der Waals surface area contributed by atoms with Crippen molar-refractivity contribution in [1.29, 1.82) is 0 Å². The molecule has 5 nitrogen and oxygen atoms in total. The van der Waals surface area contributed by atoms with Crippen molar-refractivity contribution in [2.75, 3.05) is 26.3 Å². The first kappa shape index (κ1) is 16.6. The number of rotatable bonds is 9. The lowest BCUT2D eigenvalue weighted by molar-refractivity contribution is 0.146. The number of guanidine groups is 1. The standard InChI is InChI=1S/C15H27N3O2/c1-4-19-11-6-9-16-15(18-13(2)3)17-10-8-14-7-5-12-20-14/h5,7,12-13H,4,6,8-11H2,1-3H3,(H2,16,17,18). The third-order valence-electron chi connectivity index (χ3n) is 2.59. The van der Waals surface area contributed by atoms with E-state index in [2.05, 4.69) is 29.5 Å². The molecule has 1 heterocycles. The monoisotopic (exact) mass is 281 g/mol. The molecule has 2 N–H and O–H groups in total. The summed E-state index contributed by atoms with van der Waals surface area (Å²) in [6.45, 7) is 9.31. The van der Waals surface area contributed by atoms with Gasteiger partial charge >= 0.3 is 0 Å². The summed E-state index contributed by atoms with van der Waals surface area (Å²) < 4.78 is 10.6. The average molecular weight is 281 g/mol. The molecular formula is C15H27N3O2. The van der Waals surface area contributed by atoms with Crippen LogP contribution in [-0.2, 0) is 11.2 Å². The molecule has 1 aromatic heterocycles. The molecule has 0 saturated heterocycles. The Kier molecular flexibility index (Phi) is 8.54. The third kappa shape index (κ3) is 7.84. The molecule has 114 valence electrons. The lowest BCUT2D eigenvalue weighted by atomic mass is 10.3. The van der Waals surface area contributed by atoms with Gasteiger partial charge in [-0.1, -0.05) is 0 Å². The Morgan fingerprint density at radius 1 is 1.45 bits per heavy atom. The Morgan fingerprint density at radius 3 is 2.95 bits per heavy atom. The minimum absolute atomic E-state index is 0.358. The molecule has 0 atom stereocenters. The SMILES string of the molecule is CCOCCCN=C(NCCc1ccco1)NC(C)C. The van der Waals surface area contributed by atoms with Gasteiger partial charge in [0.1, 0.15) is 5.76 Å². The predicted molar refractivity (Wildman–Crippen MR) is 82.1 cm³/mol. The Balaban J connectivity index is 2.28. The first-order valence-corrected chi connectivity index (χ1v) is 7.37. The van der Waals surface area contributed by atoms with Gasteiger partial charge in [0, 0.05) is 38.8 Å². The maximum atomic E-state index is 5.31. The average Bonchev–Trinajstić information content (AvgIpc) is 2.90. The van der Waals surface area contributed by atoms with Crippen LogP contribution in [0, 0.1) is 0 Å². The van der Waals surface area contributed by atoms with Crippen LogP contribution >= 0.6 is 0 Å². The van der Waals surface area contributed by atoms with E-state index in [0.29, 0.717) is 6.04 Å². The summed E-state index contributed by atoms with van der Waals surface area (Å²) in [4.78, 5) is 4.54. The highest BCUT2D eigenvalue weighted by molar-refractivity contribution is 5.80. The predicted octanol–water partition coefficient (Wildman–Crippen LogP) is 2.19. The Labute approximate surface area is 121 Å². The van der Waals surface area contributed by atoms with Crippen molar-refractivity contribution in [3.05, 3.63) is 24.2 Å². The van der Waals surface area contributed by atoms with E-state index in [1.165, 1.54) is 0 Å². The molecular weight excluding hydrogens is 254 g/mol. The van der Waals surface area contributed by atoms with Gasteiger partial charge in [-0.3, -0.25) is 4.99 Å². The van der Waals surface area contributed by atoms with Crippen molar-refractivity contribution >= 4 is 5.96 Å². The second-order valence-electron chi connectivity index (χ2n) is 4.84. The van der Waals surface area contributed by atoms with Gasteiger partial charge < -0.3 is 19.8 Å². The molecule has 0 amide bonds. The largest absolute Gasteiger partial charge is 0.469 e. The summed E-state index contributed by atoms with van der Waals surface area (Å²) in [6.07, 6.45) is 3.49. The molecule has 0 saturated carbocycles. The van der Waals surface area contributed by atoms with E-state index in [4.69, 9.17) is 9.15 Å². The maximum Gasteiger partial charge on any atom is 0.191 e. The van der Waals surface area contributed by atoms with Gasteiger partial charge in [-0.25, -0.2) is 0 Å². The van der Waals surface area contributed by atoms with Crippen molar-refractivity contribution in [2.45, 2.75) is 39.7 Å². The minimum atomic E-state index is 0.358. The van der Waals surface area contributed by atoms with Crippen LogP contribution in [0.4, 0.5) is 0 Å². The fraction of sp³-hybridized carbons (Fsp3) is 0.667. The number of ether oxygens (including phenoxy) is 1. The quantitative estimate of drug-likeness (QED) is 0.414. The molecule has 20 heavy (non-hydrogen) atoms. The fourth-order valence-electron chi connectivity index (χ4n) is 1.69. The summed E-state index contributed by atoms with van der Waals surface area (Å²) in [5.41, 5.74) is 0. The van der Waals surface area contributed by atoms with E-state index >= 15 is 0 Å². The van der Waals surface area contributed by atoms with Gasteiger partial charge in [-0.15, -0.1) is 0 Å². The summed E-state index contributed by atoms with van der Waals surface area (Å²) >= 11 is 0. The van der Waals surface area contributed by atoms with E-state index in [1.807, 2.05) is 19.1 Å². The normalized spacial score (nSPS) is 11.9. The van der Waals surface area contributed by atoms with Crippen LogP contribution in [0.5, 0.6) is 0 Å². The molecule has 0 aliphatic rings. The van der Waals surface area contributed by atoms with Gasteiger partial charge in [0.05, 0.1) is 6.26 Å². The van der Waals surface area contributed by atoms with Crippen LogP contribution in [0.3, 0.4) is 0 Å². The van der Waals surface area contributed by atoms with Crippen molar-refractivity contribution in [2.24, 2.45) is 4.99 Å². The molecule has 0 aromatic carbocycles. The molecule has 0 bridgehead atoms. The van der Waals surface area contributed by atoms with Crippen LogP contribution in [0.15, 0.2) is 27.8 Å². The van der Waals surface area contributed by atoms with E-state index in [-0.39, 0.29) is 0 Å². The number of furan rings is 1. The Morgan fingerprint density at radius 2 is 2.30 bits per heavy atom. The Hall–Kier alpha value is -1.49. The second kappa shape index (κ2) is 10.3. The topological polar surface area (TPSA) is 58.8 Å². The lowest BCUT2D eigenvalue weighted by Crippen LogP contribution is -2.42. The fourth-order valence-corrected chi connectivity index (χ4v) is 1.69. The van der Waals surface area contributed by atoms with E-state index in [9.17, 15) is 0 Å². The lowest BCUT2D eigenvalue weighted by Gasteiger charge is -2.14. The highest BCUT2D eigenvalue weighted by atomic mass is 16.5. The zero-order valence-corrected chi connectivity index (χ0v) is 12.8. The summed E-state index contributed by atoms with van der Waals surface area (Å²) in [6, 6.07) is 4.25. The summed E-state index contributed by atoms with van der Waals surface area (Å²) in [5.74, 6) is 1.83. The zero-order chi connectivity index (χ0) is 14.6. The van der Waals surface area contributed by atoms with Crippen molar-refractivity contribution in [3.8, 4) is 0 Å². The molecule has 0 aliphatic carbocycles. The van der Waals surface area contributed by atoms with E-state index < -0.39 is 0 Å². The van der Waals surface area contributed by atoms with E-state index in [1.54, 1.807) is 6.26 Å². The smallest absolute Gasteiger partial charge is 0.191 e. The number of nitrogens with one attached hydrogen (secondary N) is 2. The van der Waals surface area contributed by atoms with Crippen LogP contribution in [-0.4, -0.2) is 38.3 Å². The molecule has 1 aromatic rings. The zero-order valence-electron chi connectivity index (χ0n) is 12.8. The van der Waals surface area contributed by atoms with Crippen LogP contribution in [0.25, 0.3) is 0 Å². The van der Waals surface area contributed by atoms with Crippen LogP contribution in [0.2, 0.25) is 0 Å². The minimum Gasteiger partial charge on any atom is -0.469 e. The van der Waals surface area contributed by atoms with Gasteiger partial charge in [-0.05, 0) is 39.3 Å². The molecule has 0 fully saturated rings. The number of hydrogen-bond acceptors (Lipinski definition) is 3. The van der Waals surface area contributed by atoms with E-state index in [0.717, 1.165) is 50.9 Å². The highest BCUT2D eigenvalue weighted by Crippen LogP contribution is 1.99. The molecule has 0 aliphatic heterocycles. The number of aliphatic imine (C=N–C) groups is 1. The first-order valence-electron chi connectivity index (χ1n) is 7.37. The summed E-state index contributed by atoms with van der Waals surface area (Å²) in [7, 11) is 0. The van der Waals surface area contributed by atoms with Crippen molar-refractivity contribution in [1.82, 2.24) is 10.6 Å². The van der Waals surface area contributed by atoms with Gasteiger partial charge in [0.25, 0.3) is 0 Å². The Bertz CT molecular complexity index is 361. The van der Waals surface area contributed by atoms with Gasteiger partial charge in [0.15, 0.2) is 5.96 Å². The molecule has 0 spiro atoms. The number of hydrogen-bond donors (Lipinski definition) is 2. The second-order valence-corrected chi connectivity index (χ2v) is 4.84. The molecule has 1 rings (SSSR count). The van der Waals surface area contributed by atoms with Crippen molar-refractivity contribution in [3.63, 3.8) is 0 Å². The first-order chi connectivity index (χ1) is 9.72. The van der Waals surface area contributed by atoms with Crippen LogP contribution in [0.1, 0.15) is 33.0 Å².